The Kier molecular flexibility index (Phi) is 4.03. The molecule has 0 unspecified atom stereocenters. The average molecular weight is 337 g/mol. The molecule has 1 aromatic rings. The molecule has 2 rings (SSSR count). The Bertz CT molecular complexity index is 670. The second kappa shape index (κ2) is 5.18. The summed E-state index contributed by atoms with van der Waals surface area (Å²) in [4.78, 5) is 11.7. The van der Waals surface area contributed by atoms with Gasteiger partial charge in [-0.1, -0.05) is 30.1 Å². The largest absolute Gasteiger partial charge is 0.351 e. The third-order valence-electron chi connectivity index (χ3n) is 3.35. The van der Waals surface area contributed by atoms with E-state index in [9.17, 15) is 13.2 Å². The third kappa shape index (κ3) is 3.44. The van der Waals surface area contributed by atoms with Gasteiger partial charge in [0, 0.05) is 6.54 Å². The molecule has 1 fully saturated rings. The molecule has 8 heteroatoms. The Balaban J connectivity index is 2.28. The molecular weight excluding hydrogens is 323 g/mol. The second-order valence-corrected chi connectivity index (χ2v) is 7.65. The summed E-state index contributed by atoms with van der Waals surface area (Å²) in [5.74, 6) is -0.440. The number of benzene rings is 1. The van der Waals surface area contributed by atoms with Gasteiger partial charge in [0.25, 0.3) is 5.91 Å². The Morgan fingerprint density at radius 3 is 2.45 bits per heavy atom. The van der Waals surface area contributed by atoms with Crippen molar-refractivity contribution in [2.45, 2.75) is 24.7 Å². The van der Waals surface area contributed by atoms with Gasteiger partial charge >= 0.3 is 0 Å². The first-order chi connectivity index (χ1) is 9.12. The van der Waals surface area contributed by atoms with Crippen LogP contribution in [0.4, 0.5) is 0 Å². The number of halogens is 2. The Morgan fingerprint density at radius 1 is 1.35 bits per heavy atom. The summed E-state index contributed by atoms with van der Waals surface area (Å²) in [6.07, 6.45) is 2.12. The van der Waals surface area contributed by atoms with Crippen molar-refractivity contribution in [3.63, 3.8) is 0 Å². The first-order valence-electron chi connectivity index (χ1n) is 5.92. The van der Waals surface area contributed by atoms with E-state index < -0.39 is 15.9 Å². The van der Waals surface area contributed by atoms with Crippen molar-refractivity contribution in [1.82, 2.24) is 5.32 Å². The van der Waals surface area contributed by atoms with E-state index in [-0.39, 0.29) is 25.9 Å². The lowest BCUT2D eigenvalue weighted by molar-refractivity contribution is 0.0946. The molecule has 0 spiro atoms. The van der Waals surface area contributed by atoms with Gasteiger partial charge in [-0.05, 0) is 30.4 Å². The Hall–Kier alpha value is -0.820. The zero-order valence-electron chi connectivity index (χ0n) is 10.7. The topological polar surface area (TPSA) is 89.3 Å². The number of nitrogens with two attached hydrogens (primary N) is 1. The van der Waals surface area contributed by atoms with Gasteiger partial charge in [0.05, 0.1) is 15.6 Å². The molecule has 3 N–H and O–H groups in total. The maximum absolute atomic E-state index is 12.1. The van der Waals surface area contributed by atoms with Crippen LogP contribution in [0, 0.1) is 5.41 Å². The molecule has 110 valence electrons. The number of hydrogen-bond donors (Lipinski definition) is 2. The van der Waals surface area contributed by atoms with Crippen LogP contribution in [0.15, 0.2) is 17.0 Å². The summed E-state index contributed by atoms with van der Waals surface area (Å²) in [7, 11) is -4.01. The zero-order valence-corrected chi connectivity index (χ0v) is 13.1. The fourth-order valence-corrected chi connectivity index (χ4v) is 3.10. The zero-order chi connectivity index (χ0) is 15.1. The number of carbonyl (C=O) groups excluding carboxylic acids is 1. The third-order valence-corrected chi connectivity index (χ3v) is 5.04. The molecule has 5 nitrogen and oxygen atoms in total. The van der Waals surface area contributed by atoms with Crippen LogP contribution in [0.5, 0.6) is 0 Å². The van der Waals surface area contributed by atoms with Gasteiger partial charge < -0.3 is 5.32 Å². The SMILES string of the molecule is CC1(CNC(=O)c2cc(S(N)(=O)=O)c(Cl)cc2Cl)CC1. The summed E-state index contributed by atoms with van der Waals surface area (Å²) in [6.45, 7) is 2.59. The van der Waals surface area contributed by atoms with E-state index in [2.05, 4.69) is 12.2 Å². The number of amides is 1. The standard InChI is InChI=1S/C12H14Cl2N2O3S/c1-12(2-3-12)6-16-11(17)7-4-10(20(15,18)19)9(14)5-8(7)13/h4-5H,2-3,6H2,1H3,(H,16,17)(H2,15,18,19). The number of primary sulfonamides is 1. The molecule has 1 aliphatic carbocycles. The highest BCUT2D eigenvalue weighted by Gasteiger charge is 2.37. The van der Waals surface area contributed by atoms with Gasteiger partial charge in [-0.2, -0.15) is 0 Å². The lowest BCUT2D eigenvalue weighted by Gasteiger charge is -2.12. The van der Waals surface area contributed by atoms with Gasteiger partial charge in [-0.25, -0.2) is 13.6 Å². The smallest absolute Gasteiger partial charge is 0.252 e. The van der Waals surface area contributed by atoms with Crippen LogP contribution in [0.3, 0.4) is 0 Å². The summed E-state index contributed by atoms with van der Waals surface area (Å²) < 4.78 is 22.8. The van der Waals surface area contributed by atoms with Crippen LogP contribution in [0.25, 0.3) is 0 Å². The Morgan fingerprint density at radius 2 is 1.95 bits per heavy atom. The van der Waals surface area contributed by atoms with Crippen LogP contribution in [-0.4, -0.2) is 20.9 Å². The van der Waals surface area contributed by atoms with E-state index in [0.717, 1.165) is 18.9 Å². The number of hydrogen-bond acceptors (Lipinski definition) is 3. The van der Waals surface area contributed by atoms with Crippen LogP contribution < -0.4 is 10.5 Å². The van der Waals surface area contributed by atoms with Crippen molar-refractivity contribution >= 4 is 39.1 Å². The molecule has 1 aliphatic rings. The summed E-state index contributed by atoms with van der Waals surface area (Å²) in [5.41, 5.74) is 0.182. The molecule has 1 aromatic carbocycles. The van der Waals surface area contributed by atoms with E-state index in [1.54, 1.807) is 0 Å². The van der Waals surface area contributed by atoms with E-state index in [1.165, 1.54) is 6.07 Å². The molecule has 1 saturated carbocycles. The number of nitrogens with one attached hydrogen (secondary N) is 1. The monoisotopic (exact) mass is 336 g/mol. The van der Waals surface area contributed by atoms with E-state index >= 15 is 0 Å². The number of carbonyl (C=O) groups is 1. The maximum atomic E-state index is 12.1. The first-order valence-corrected chi connectivity index (χ1v) is 8.23. The van der Waals surface area contributed by atoms with Crippen LogP contribution in [-0.2, 0) is 10.0 Å². The van der Waals surface area contributed by atoms with Crippen molar-refractivity contribution in [3.8, 4) is 0 Å². The molecule has 0 heterocycles. The van der Waals surface area contributed by atoms with Gasteiger partial charge in [0.2, 0.25) is 10.0 Å². The molecule has 20 heavy (non-hydrogen) atoms. The fourth-order valence-electron chi connectivity index (χ4n) is 1.70. The predicted molar refractivity (Wildman–Crippen MR) is 77.5 cm³/mol. The van der Waals surface area contributed by atoms with Crippen LogP contribution in [0.2, 0.25) is 10.0 Å². The fraction of sp³-hybridized carbons (Fsp3) is 0.417. The van der Waals surface area contributed by atoms with Crippen LogP contribution in [0.1, 0.15) is 30.1 Å². The second-order valence-electron chi connectivity index (χ2n) is 5.30. The molecule has 0 aromatic heterocycles. The molecular formula is C12H14Cl2N2O3S. The summed E-state index contributed by atoms with van der Waals surface area (Å²) >= 11 is 11.7. The minimum Gasteiger partial charge on any atom is -0.351 e. The van der Waals surface area contributed by atoms with Crippen molar-refractivity contribution in [3.05, 3.63) is 27.7 Å². The van der Waals surface area contributed by atoms with Gasteiger partial charge in [-0.3, -0.25) is 4.79 Å². The quantitative estimate of drug-likeness (QED) is 0.882. The lowest BCUT2D eigenvalue weighted by atomic mass is 10.1. The molecule has 0 atom stereocenters. The molecule has 0 aliphatic heterocycles. The minimum absolute atomic E-state index is 0.0457. The van der Waals surface area contributed by atoms with Crippen molar-refractivity contribution in [2.75, 3.05) is 6.54 Å². The lowest BCUT2D eigenvalue weighted by Crippen LogP contribution is -2.29. The highest BCUT2D eigenvalue weighted by Crippen LogP contribution is 2.44. The molecule has 0 saturated heterocycles. The van der Waals surface area contributed by atoms with Gasteiger partial charge in [0.1, 0.15) is 4.90 Å². The average Bonchev–Trinajstić information content (AvgIpc) is 3.03. The normalized spacial score (nSPS) is 16.8. The highest BCUT2D eigenvalue weighted by atomic mass is 35.5. The predicted octanol–water partition coefficient (Wildman–Crippen LogP) is 2.17. The molecule has 1 amide bonds. The Labute approximate surface area is 127 Å². The summed E-state index contributed by atoms with van der Waals surface area (Å²) in [6, 6.07) is 2.31. The molecule has 0 radical (unpaired) electrons. The van der Waals surface area contributed by atoms with E-state index in [1.807, 2.05) is 0 Å². The van der Waals surface area contributed by atoms with Gasteiger partial charge in [0.15, 0.2) is 0 Å². The minimum atomic E-state index is -4.01. The van der Waals surface area contributed by atoms with Gasteiger partial charge in [-0.15, -0.1) is 0 Å². The number of rotatable bonds is 4. The number of sulfonamides is 1. The van der Waals surface area contributed by atoms with Crippen molar-refractivity contribution in [1.29, 1.82) is 0 Å². The molecule has 0 bridgehead atoms. The van der Waals surface area contributed by atoms with E-state index in [4.69, 9.17) is 28.3 Å². The maximum Gasteiger partial charge on any atom is 0.252 e. The van der Waals surface area contributed by atoms with Crippen molar-refractivity contribution < 1.29 is 13.2 Å². The summed E-state index contributed by atoms with van der Waals surface area (Å²) in [5, 5.41) is 7.76. The highest BCUT2D eigenvalue weighted by molar-refractivity contribution is 7.89. The first kappa shape index (κ1) is 15.6. The van der Waals surface area contributed by atoms with Crippen LogP contribution >= 0.6 is 23.2 Å². The van der Waals surface area contributed by atoms with Crippen molar-refractivity contribution in [2.24, 2.45) is 10.6 Å². The van der Waals surface area contributed by atoms with E-state index in [0.29, 0.717) is 6.54 Å².